The van der Waals surface area contributed by atoms with Gasteiger partial charge in [0.25, 0.3) is 0 Å². The van der Waals surface area contributed by atoms with Gasteiger partial charge in [-0.3, -0.25) is 0 Å². The van der Waals surface area contributed by atoms with Crippen molar-refractivity contribution in [3.63, 3.8) is 0 Å². The molecule has 1 aromatic carbocycles. The smallest absolute Gasteiger partial charge is 0.229 e. The standard InChI is InChI=1S/C14H15BrClNO6/c15-6-1-5-8(2-7(6)16)17-3-9(5)22-14-13(21)12(20)11(19)10(4-18)23-14/h1-3,10-14,17-21H,4H2/t10?,11-,12-,13+,14?/m1/s1. The lowest BCUT2D eigenvalue weighted by Gasteiger charge is -2.39. The van der Waals surface area contributed by atoms with Crippen molar-refractivity contribution in [2.75, 3.05) is 6.61 Å². The molecule has 3 rings (SSSR count). The van der Waals surface area contributed by atoms with Gasteiger partial charge >= 0.3 is 0 Å². The Hall–Kier alpha value is -0.870. The number of halogens is 2. The Morgan fingerprint density at radius 1 is 1.22 bits per heavy atom. The summed E-state index contributed by atoms with van der Waals surface area (Å²) in [5.41, 5.74) is 0.720. The second-order valence-electron chi connectivity index (χ2n) is 5.28. The monoisotopic (exact) mass is 407 g/mol. The molecule has 0 radical (unpaired) electrons. The third-order valence-corrected chi connectivity index (χ3v) is 4.97. The van der Waals surface area contributed by atoms with E-state index < -0.39 is 37.3 Å². The first-order chi connectivity index (χ1) is 10.9. The van der Waals surface area contributed by atoms with Gasteiger partial charge in [-0.25, -0.2) is 0 Å². The van der Waals surface area contributed by atoms with Gasteiger partial charge in [-0.05, 0) is 28.1 Å². The minimum atomic E-state index is -1.49. The maximum Gasteiger partial charge on any atom is 0.229 e. The largest absolute Gasteiger partial charge is 0.460 e. The summed E-state index contributed by atoms with van der Waals surface area (Å²) in [5.74, 6) is 0.377. The molecule has 0 amide bonds. The van der Waals surface area contributed by atoms with Crippen LogP contribution in [0.2, 0.25) is 5.02 Å². The molecule has 126 valence electrons. The van der Waals surface area contributed by atoms with Crippen LogP contribution in [0.25, 0.3) is 10.9 Å². The van der Waals surface area contributed by atoms with E-state index in [9.17, 15) is 20.4 Å². The fraction of sp³-hybridized carbons (Fsp3) is 0.429. The first kappa shape index (κ1) is 17.0. The van der Waals surface area contributed by atoms with Gasteiger partial charge in [-0.2, -0.15) is 0 Å². The molecule has 2 heterocycles. The number of nitrogens with one attached hydrogen (secondary N) is 1. The van der Waals surface area contributed by atoms with Gasteiger partial charge in [0.05, 0.1) is 17.1 Å². The SMILES string of the molecule is OCC1OC(Oc2c[nH]c3cc(Cl)c(Br)cc23)[C@@H](O)[C@H](O)[C@@H]1O. The van der Waals surface area contributed by atoms with E-state index >= 15 is 0 Å². The predicted octanol–water partition coefficient (Wildman–Crippen LogP) is 0.762. The molecule has 5 N–H and O–H groups in total. The molecule has 0 spiro atoms. The van der Waals surface area contributed by atoms with Crippen molar-refractivity contribution in [2.45, 2.75) is 30.7 Å². The lowest BCUT2D eigenvalue weighted by Crippen LogP contribution is -2.60. The Morgan fingerprint density at radius 3 is 2.65 bits per heavy atom. The summed E-state index contributed by atoms with van der Waals surface area (Å²) < 4.78 is 11.6. The molecule has 2 unspecified atom stereocenters. The topological polar surface area (TPSA) is 115 Å². The molecule has 0 aliphatic carbocycles. The van der Waals surface area contributed by atoms with Crippen LogP contribution in [0.4, 0.5) is 0 Å². The minimum absolute atomic E-state index is 0.377. The number of hydrogen-bond acceptors (Lipinski definition) is 6. The molecule has 5 atom stereocenters. The van der Waals surface area contributed by atoms with E-state index in [1.165, 1.54) is 0 Å². The zero-order valence-corrected chi connectivity index (χ0v) is 14.0. The number of ether oxygens (including phenoxy) is 2. The second kappa shape index (κ2) is 6.56. The first-order valence-corrected chi connectivity index (χ1v) is 8.02. The van der Waals surface area contributed by atoms with Crippen LogP contribution >= 0.6 is 27.5 Å². The number of H-pyrrole nitrogens is 1. The number of aromatic nitrogens is 1. The molecule has 1 fully saturated rings. The highest BCUT2D eigenvalue weighted by atomic mass is 79.9. The lowest BCUT2D eigenvalue weighted by atomic mass is 9.99. The van der Waals surface area contributed by atoms with Crippen LogP contribution in [-0.2, 0) is 4.74 Å². The van der Waals surface area contributed by atoms with Crippen LogP contribution in [0.5, 0.6) is 5.75 Å². The summed E-state index contributed by atoms with van der Waals surface area (Å²) in [7, 11) is 0. The summed E-state index contributed by atoms with van der Waals surface area (Å²) in [5, 5.41) is 40.0. The summed E-state index contributed by atoms with van der Waals surface area (Å²) in [6.45, 7) is -0.514. The van der Waals surface area contributed by atoms with Crippen LogP contribution in [0.1, 0.15) is 0 Å². The van der Waals surface area contributed by atoms with E-state index in [0.29, 0.717) is 20.6 Å². The average Bonchev–Trinajstić information content (AvgIpc) is 2.90. The second-order valence-corrected chi connectivity index (χ2v) is 6.54. The van der Waals surface area contributed by atoms with Gasteiger partial charge in [0, 0.05) is 16.1 Å². The van der Waals surface area contributed by atoms with Crippen LogP contribution in [-0.4, -0.2) is 62.7 Å². The molecular formula is C14H15BrClNO6. The fourth-order valence-corrected chi connectivity index (χ4v) is 2.99. The molecule has 23 heavy (non-hydrogen) atoms. The van der Waals surface area contributed by atoms with Crippen molar-refractivity contribution in [3.05, 3.63) is 27.8 Å². The number of aliphatic hydroxyl groups is 4. The quantitative estimate of drug-likeness (QED) is 0.512. The van der Waals surface area contributed by atoms with E-state index in [2.05, 4.69) is 20.9 Å². The molecule has 1 saturated heterocycles. The van der Waals surface area contributed by atoms with Crippen molar-refractivity contribution in [3.8, 4) is 5.75 Å². The normalized spacial score (nSPS) is 31.5. The van der Waals surface area contributed by atoms with Gasteiger partial charge in [-0.1, -0.05) is 11.6 Å². The predicted molar refractivity (Wildman–Crippen MR) is 85.4 cm³/mol. The molecule has 2 aromatic rings. The van der Waals surface area contributed by atoms with Gasteiger partial charge in [-0.15, -0.1) is 0 Å². The maximum atomic E-state index is 10.0. The molecule has 1 aromatic heterocycles. The number of rotatable bonds is 3. The summed E-state index contributed by atoms with van der Waals surface area (Å²) >= 11 is 9.35. The van der Waals surface area contributed by atoms with Crippen molar-refractivity contribution in [1.29, 1.82) is 0 Å². The third kappa shape index (κ3) is 3.08. The van der Waals surface area contributed by atoms with Crippen molar-refractivity contribution >= 4 is 38.4 Å². The Bertz CT molecular complexity index is 708. The van der Waals surface area contributed by atoms with Crippen molar-refractivity contribution < 1.29 is 29.9 Å². The average molecular weight is 409 g/mol. The molecule has 0 saturated carbocycles. The number of aliphatic hydroxyl groups excluding tert-OH is 4. The van der Waals surface area contributed by atoms with E-state index in [0.717, 1.165) is 5.52 Å². The van der Waals surface area contributed by atoms with Gasteiger partial charge in [0.2, 0.25) is 6.29 Å². The molecule has 1 aliphatic rings. The van der Waals surface area contributed by atoms with Gasteiger partial charge < -0.3 is 34.9 Å². The molecule has 1 aliphatic heterocycles. The highest BCUT2D eigenvalue weighted by Crippen LogP contribution is 2.34. The Labute approximate surface area is 144 Å². The zero-order valence-electron chi connectivity index (χ0n) is 11.7. The van der Waals surface area contributed by atoms with E-state index in [1.807, 2.05) is 0 Å². The van der Waals surface area contributed by atoms with Crippen LogP contribution < -0.4 is 4.74 Å². The van der Waals surface area contributed by atoms with Crippen LogP contribution in [0.15, 0.2) is 22.8 Å². The number of benzene rings is 1. The number of aromatic amines is 1. The summed E-state index contributed by atoms with van der Waals surface area (Å²) in [4.78, 5) is 2.98. The van der Waals surface area contributed by atoms with Crippen LogP contribution in [0, 0.1) is 0 Å². The van der Waals surface area contributed by atoms with Crippen molar-refractivity contribution in [1.82, 2.24) is 4.98 Å². The minimum Gasteiger partial charge on any atom is -0.460 e. The molecular weight excluding hydrogens is 394 g/mol. The summed E-state index contributed by atoms with van der Waals surface area (Å²) in [6, 6.07) is 3.45. The zero-order chi connectivity index (χ0) is 16.7. The Balaban J connectivity index is 1.88. The fourth-order valence-electron chi connectivity index (χ4n) is 2.48. The van der Waals surface area contributed by atoms with E-state index in [-0.39, 0.29) is 0 Å². The summed E-state index contributed by atoms with van der Waals surface area (Å²) in [6.07, 6.45) is -5.07. The highest BCUT2D eigenvalue weighted by Gasteiger charge is 2.44. The Morgan fingerprint density at radius 2 is 1.96 bits per heavy atom. The van der Waals surface area contributed by atoms with Crippen molar-refractivity contribution in [2.24, 2.45) is 0 Å². The van der Waals surface area contributed by atoms with E-state index in [4.69, 9.17) is 21.1 Å². The first-order valence-electron chi connectivity index (χ1n) is 6.85. The molecule has 7 nitrogen and oxygen atoms in total. The maximum absolute atomic E-state index is 10.0. The molecule has 9 heteroatoms. The highest BCUT2D eigenvalue weighted by molar-refractivity contribution is 9.10. The van der Waals surface area contributed by atoms with Gasteiger partial charge in [0.15, 0.2) is 0 Å². The number of hydrogen-bond donors (Lipinski definition) is 5. The van der Waals surface area contributed by atoms with E-state index in [1.54, 1.807) is 18.3 Å². The third-order valence-electron chi connectivity index (χ3n) is 3.78. The molecule has 0 bridgehead atoms. The van der Waals surface area contributed by atoms with Crippen LogP contribution in [0.3, 0.4) is 0 Å². The lowest BCUT2D eigenvalue weighted by molar-refractivity contribution is -0.277. The van der Waals surface area contributed by atoms with Gasteiger partial charge in [0.1, 0.15) is 30.2 Å². The number of fused-ring (bicyclic) bond motifs is 1. The Kier molecular flexibility index (Phi) is 4.84.